The third kappa shape index (κ3) is 5.44. The average Bonchev–Trinajstić information content (AvgIpc) is 2.98. The number of aromatic nitrogens is 1. The van der Waals surface area contributed by atoms with Gasteiger partial charge < -0.3 is 21.5 Å². The first-order valence-electron chi connectivity index (χ1n) is 7.84. The third-order valence-electron chi connectivity index (χ3n) is 3.40. The van der Waals surface area contributed by atoms with E-state index in [-0.39, 0.29) is 6.61 Å². The summed E-state index contributed by atoms with van der Waals surface area (Å²) in [6, 6.07) is 7.77. The molecule has 0 aliphatic carbocycles. The molecule has 0 aliphatic heterocycles. The van der Waals surface area contributed by atoms with Crippen molar-refractivity contribution >= 4 is 34.1 Å². The van der Waals surface area contributed by atoms with Gasteiger partial charge in [0.05, 0.1) is 16.3 Å². The van der Waals surface area contributed by atoms with Gasteiger partial charge in [-0.1, -0.05) is 30.0 Å². The molecule has 2 aromatic rings. The summed E-state index contributed by atoms with van der Waals surface area (Å²) in [6.45, 7) is 5.94. The lowest BCUT2D eigenvalue weighted by Gasteiger charge is -2.06. The Kier molecular flexibility index (Phi) is 6.73. The Morgan fingerprint density at radius 1 is 1.40 bits per heavy atom. The number of anilines is 2. The SMILES string of the molecule is C=C(/N=C\C=C(/N)c1sc(NC)nc1C)Nc1ccc(CCO)cc1. The number of nitrogens with one attached hydrogen (secondary N) is 2. The molecule has 0 amide bonds. The molecule has 7 heteroatoms. The van der Waals surface area contributed by atoms with Gasteiger partial charge in [0.1, 0.15) is 5.82 Å². The van der Waals surface area contributed by atoms with E-state index in [1.54, 1.807) is 12.3 Å². The van der Waals surface area contributed by atoms with Gasteiger partial charge in [-0.15, -0.1) is 0 Å². The van der Waals surface area contributed by atoms with Crippen LogP contribution in [0, 0.1) is 6.92 Å². The molecular weight excluding hydrogens is 334 g/mol. The molecule has 0 saturated carbocycles. The molecule has 5 N–H and O–H groups in total. The van der Waals surface area contributed by atoms with E-state index in [1.165, 1.54) is 11.3 Å². The van der Waals surface area contributed by atoms with Crippen LogP contribution in [0.15, 0.2) is 47.7 Å². The van der Waals surface area contributed by atoms with E-state index in [2.05, 4.69) is 27.2 Å². The number of allylic oxidation sites excluding steroid dienone is 1. The maximum atomic E-state index is 8.92. The van der Waals surface area contributed by atoms with Crippen molar-refractivity contribution in [3.8, 4) is 0 Å². The Hall–Kier alpha value is -2.64. The number of nitrogens with zero attached hydrogens (tertiary/aromatic N) is 2. The molecule has 0 fully saturated rings. The fourth-order valence-corrected chi connectivity index (χ4v) is 2.99. The van der Waals surface area contributed by atoms with Crippen LogP contribution < -0.4 is 16.4 Å². The number of nitrogens with two attached hydrogens (primary N) is 1. The van der Waals surface area contributed by atoms with E-state index in [0.29, 0.717) is 17.9 Å². The number of rotatable bonds is 8. The number of aliphatic imine (C=N–C) groups is 1. The number of hydrogen-bond donors (Lipinski definition) is 4. The van der Waals surface area contributed by atoms with E-state index in [1.807, 2.05) is 38.2 Å². The summed E-state index contributed by atoms with van der Waals surface area (Å²) in [7, 11) is 1.83. The molecule has 0 saturated heterocycles. The minimum absolute atomic E-state index is 0.145. The molecule has 0 atom stereocenters. The quantitative estimate of drug-likeness (QED) is 0.545. The second-order valence-electron chi connectivity index (χ2n) is 5.33. The molecule has 132 valence electrons. The topological polar surface area (TPSA) is 95.6 Å². The second-order valence-corrected chi connectivity index (χ2v) is 6.33. The first-order valence-corrected chi connectivity index (χ1v) is 8.66. The van der Waals surface area contributed by atoms with Crippen LogP contribution in [-0.2, 0) is 6.42 Å². The van der Waals surface area contributed by atoms with Gasteiger partial charge in [-0.25, -0.2) is 9.98 Å². The van der Waals surface area contributed by atoms with Gasteiger partial charge in [-0.05, 0) is 37.1 Å². The van der Waals surface area contributed by atoms with Crippen LogP contribution in [0.3, 0.4) is 0 Å². The van der Waals surface area contributed by atoms with Crippen LogP contribution in [0.2, 0.25) is 0 Å². The first kappa shape index (κ1) is 18.7. The van der Waals surface area contributed by atoms with Gasteiger partial charge in [0, 0.05) is 25.6 Å². The van der Waals surface area contributed by atoms with E-state index in [0.717, 1.165) is 27.0 Å². The van der Waals surface area contributed by atoms with Crippen molar-refractivity contribution in [3.63, 3.8) is 0 Å². The Balaban J connectivity index is 1.95. The lowest BCUT2D eigenvalue weighted by atomic mass is 10.1. The highest BCUT2D eigenvalue weighted by Gasteiger charge is 2.08. The highest BCUT2D eigenvalue weighted by Crippen LogP contribution is 2.26. The van der Waals surface area contributed by atoms with Crippen molar-refractivity contribution in [1.29, 1.82) is 0 Å². The van der Waals surface area contributed by atoms with Crippen molar-refractivity contribution < 1.29 is 5.11 Å². The normalized spacial score (nSPS) is 11.7. The van der Waals surface area contributed by atoms with Crippen molar-refractivity contribution in [2.75, 3.05) is 24.3 Å². The Morgan fingerprint density at radius 3 is 2.72 bits per heavy atom. The summed E-state index contributed by atoms with van der Waals surface area (Å²) in [6.07, 6.45) is 4.00. The van der Waals surface area contributed by atoms with Crippen LogP contribution in [0.5, 0.6) is 0 Å². The van der Waals surface area contributed by atoms with Gasteiger partial charge in [0.25, 0.3) is 0 Å². The van der Waals surface area contributed by atoms with Gasteiger partial charge in [0.15, 0.2) is 5.13 Å². The summed E-state index contributed by atoms with van der Waals surface area (Å²) in [5.74, 6) is 0.510. The summed E-state index contributed by atoms with van der Waals surface area (Å²) < 4.78 is 0. The summed E-state index contributed by atoms with van der Waals surface area (Å²) in [4.78, 5) is 9.53. The zero-order valence-corrected chi connectivity index (χ0v) is 15.2. The number of hydrogen-bond acceptors (Lipinski definition) is 7. The van der Waals surface area contributed by atoms with Crippen molar-refractivity contribution in [3.05, 3.63) is 58.9 Å². The summed E-state index contributed by atoms with van der Waals surface area (Å²) >= 11 is 1.50. The predicted molar refractivity (Wildman–Crippen MR) is 107 cm³/mol. The highest BCUT2D eigenvalue weighted by atomic mass is 32.1. The number of benzene rings is 1. The Labute approximate surface area is 151 Å². The minimum atomic E-state index is 0.145. The molecule has 0 unspecified atom stereocenters. The molecule has 0 bridgehead atoms. The van der Waals surface area contributed by atoms with Crippen molar-refractivity contribution in [2.24, 2.45) is 10.7 Å². The molecule has 6 nitrogen and oxygen atoms in total. The fraction of sp³-hybridized carbons (Fsp3) is 0.222. The van der Waals surface area contributed by atoms with Gasteiger partial charge >= 0.3 is 0 Å². The molecule has 25 heavy (non-hydrogen) atoms. The van der Waals surface area contributed by atoms with E-state index in [4.69, 9.17) is 10.8 Å². The van der Waals surface area contributed by atoms with Crippen LogP contribution in [0.25, 0.3) is 5.70 Å². The van der Waals surface area contributed by atoms with Crippen LogP contribution in [0.1, 0.15) is 16.1 Å². The fourth-order valence-electron chi connectivity index (χ4n) is 2.14. The number of aryl methyl sites for hydroxylation is 1. The summed E-state index contributed by atoms with van der Waals surface area (Å²) in [5, 5.41) is 15.9. The first-order chi connectivity index (χ1) is 12.0. The largest absolute Gasteiger partial charge is 0.397 e. The molecule has 1 heterocycles. The Morgan fingerprint density at radius 2 is 2.12 bits per heavy atom. The van der Waals surface area contributed by atoms with Crippen LogP contribution in [-0.4, -0.2) is 30.0 Å². The van der Waals surface area contributed by atoms with Crippen molar-refractivity contribution in [1.82, 2.24) is 4.98 Å². The predicted octanol–water partition coefficient (Wildman–Crippen LogP) is 2.98. The molecular formula is C18H23N5OS. The van der Waals surface area contributed by atoms with Crippen LogP contribution >= 0.6 is 11.3 Å². The number of aliphatic hydroxyl groups excluding tert-OH is 1. The van der Waals surface area contributed by atoms with E-state index < -0.39 is 0 Å². The molecule has 0 radical (unpaired) electrons. The number of aliphatic hydroxyl groups is 1. The molecule has 0 spiro atoms. The summed E-state index contributed by atoms with van der Waals surface area (Å²) in [5.41, 5.74) is 9.56. The smallest absolute Gasteiger partial charge is 0.183 e. The molecule has 1 aromatic heterocycles. The van der Waals surface area contributed by atoms with Gasteiger partial charge in [0.2, 0.25) is 0 Å². The standard InChI is InChI=1S/C18H23N5OS/c1-12-17(25-18(20-3)22-12)16(19)8-10-21-13(2)23-15-6-4-14(5-7-15)9-11-24/h4-8,10,23-24H,2,9,11,19H2,1,3H3,(H,20,22)/b16-8-,21-10-. The zero-order valence-electron chi connectivity index (χ0n) is 14.4. The van der Waals surface area contributed by atoms with E-state index in [9.17, 15) is 0 Å². The highest BCUT2D eigenvalue weighted by molar-refractivity contribution is 7.16. The molecule has 2 rings (SSSR count). The number of thiazole rings is 1. The lowest BCUT2D eigenvalue weighted by molar-refractivity contribution is 0.299. The van der Waals surface area contributed by atoms with Gasteiger partial charge in [-0.3, -0.25) is 0 Å². The lowest BCUT2D eigenvalue weighted by Crippen LogP contribution is -1.98. The maximum Gasteiger partial charge on any atom is 0.183 e. The molecule has 0 aliphatic rings. The minimum Gasteiger partial charge on any atom is -0.397 e. The van der Waals surface area contributed by atoms with Crippen molar-refractivity contribution in [2.45, 2.75) is 13.3 Å². The van der Waals surface area contributed by atoms with Crippen LogP contribution in [0.4, 0.5) is 10.8 Å². The van der Waals surface area contributed by atoms with Gasteiger partial charge in [-0.2, -0.15) is 0 Å². The third-order valence-corrected chi connectivity index (χ3v) is 4.62. The van der Waals surface area contributed by atoms with E-state index >= 15 is 0 Å². The zero-order chi connectivity index (χ0) is 18.2. The maximum absolute atomic E-state index is 8.92. The second kappa shape index (κ2) is 9.00. The average molecular weight is 357 g/mol. The molecule has 1 aromatic carbocycles. The monoisotopic (exact) mass is 357 g/mol. The Bertz CT molecular complexity index is 777.